The number of carbonyl (C=O) groups is 1. The first-order chi connectivity index (χ1) is 13.7. The fraction of sp³-hybridized carbons (Fsp3) is 0.286. The summed E-state index contributed by atoms with van der Waals surface area (Å²) in [5.74, 6) is 1.01. The minimum atomic E-state index is -0.0314. The third-order valence-electron chi connectivity index (χ3n) is 4.79. The van der Waals surface area contributed by atoms with Crippen molar-refractivity contribution in [1.82, 2.24) is 14.9 Å². The van der Waals surface area contributed by atoms with Crippen LogP contribution >= 0.6 is 11.3 Å². The van der Waals surface area contributed by atoms with E-state index in [0.717, 1.165) is 55.1 Å². The molecule has 4 rings (SSSR count). The number of pyridine rings is 1. The molecule has 0 N–H and O–H groups in total. The molecule has 1 saturated heterocycles. The number of benzene rings is 1. The quantitative estimate of drug-likeness (QED) is 0.664. The highest BCUT2D eigenvalue weighted by Gasteiger charge is 2.21. The minimum absolute atomic E-state index is 0.0314. The van der Waals surface area contributed by atoms with E-state index in [-0.39, 0.29) is 5.91 Å². The van der Waals surface area contributed by atoms with Gasteiger partial charge in [-0.05, 0) is 24.3 Å². The predicted octanol–water partition coefficient (Wildman–Crippen LogP) is 3.54. The predicted molar refractivity (Wildman–Crippen MR) is 113 cm³/mol. The van der Waals surface area contributed by atoms with Gasteiger partial charge in [0.05, 0.1) is 11.4 Å². The van der Waals surface area contributed by atoms with Crippen molar-refractivity contribution in [2.45, 2.75) is 13.5 Å². The van der Waals surface area contributed by atoms with E-state index in [0.29, 0.717) is 0 Å². The molecule has 6 nitrogen and oxygen atoms in total. The van der Waals surface area contributed by atoms with Crippen LogP contribution in [0.15, 0.2) is 60.1 Å². The van der Waals surface area contributed by atoms with Crippen LogP contribution in [0.3, 0.4) is 0 Å². The Morgan fingerprint density at radius 3 is 2.50 bits per heavy atom. The van der Waals surface area contributed by atoms with Gasteiger partial charge in [0.2, 0.25) is 5.91 Å². The summed E-state index contributed by atoms with van der Waals surface area (Å²) < 4.78 is 0. The molecular weight excluding hydrogens is 370 g/mol. The highest BCUT2D eigenvalue weighted by atomic mass is 32.1. The maximum Gasteiger partial charge on any atom is 0.230 e. The molecule has 3 aromatic rings. The van der Waals surface area contributed by atoms with Gasteiger partial charge in [-0.15, -0.1) is 11.3 Å². The molecule has 1 fully saturated rings. The van der Waals surface area contributed by atoms with Crippen molar-refractivity contribution in [3.8, 4) is 0 Å². The first kappa shape index (κ1) is 18.6. The number of nitrogens with zero attached hydrogens (tertiary/aromatic N) is 5. The van der Waals surface area contributed by atoms with E-state index >= 15 is 0 Å². The molecule has 0 radical (unpaired) electrons. The van der Waals surface area contributed by atoms with Gasteiger partial charge in [0.1, 0.15) is 5.82 Å². The molecule has 1 aliphatic heterocycles. The zero-order valence-electron chi connectivity index (χ0n) is 15.9. The van der Waals surface area contributed by atoms with E-state index in [2.05, 4.69) is 26.2 Å². The second kappa shape index (κ2) is 8.50. The molecule has 0 unspecified atom stereocenters. The molecule has 0 aliphatic carbocycles. The summed E-state index contributed by atoms with van der Waals surface area (Å²) in [5, 5.41) is 2.78. The zero-order chi connectivity index (χ0) is 19.3. The summed E-state index contributed by atoms with van der Waals surface area (Å²) in [7, 11) is 0. The van der Waals surface area contributed by atoms with Gasteiger partial charge in [-0.1, -0.05) is 24.3 Å². The Hall–Kier alpha value is -2.77. The number of piperazine rings is 1. The van der Waals surface area contributed by atoms with Gasteiger partial charge in [0.15, 0.2) is 5.13 Å². The van der Waals surface area contributed by atoms with Crippen molar-refractivity contribution in [1.29, 1.82) is 0 Å². The van der Waals surface area contributed by atoms with Crippen LogP contribution in [0.25, 0.3) is 0 Å². The first-order valence-corrected chi connectivity index (χ1v) is 10.3. The van der Waals surface area contributed by atoms with Crippen LogP contribution in [0.2, 0.25) is 0 Å². The number of para-hydroxylation sites is 1. The molecule has 0 saturated carbocycles. The second-order valence-corrected chi connectivity index (χ2v) is 7.60. The lowest BCUT2D eigenvalue weighted by Crippen LogP contribution is -2.46. The van der Waals surface area contributed by atoms with Crippen molar-refractivity contribution in [3.63, 3.8) is 0 Å². The van der Waals surface area contributed by atoms with E-state index in [4.69, 9.17) is 4.98 Å². The molecule has 1 aromatic carbocycles. The topological polar surface area (TPSA) is 52.6 Å². The Bertz CT molecular complexity index is 907. The van der Waals surface area contributed by atoms with E-state index in [1.165, 1.54) is 11.3 Å². The Morgan fingerprint density at radius 2 is 1.82 bits per heavy atom. The molecule has 0 atom stereocenters. The third kappa shape index (κ3) is 4.21. The number of rotatable bonds is 5. The number of aromatic nitrogens is 2. The second-order valence-electron chi connectivity index (χ2n) is 6.76. The lowest BCUT2D eigenvalue weighted by Gasteiger charge is -2.35. The zero-order valence-corrected chi connectivity index (χ0v) is 16.7. The summed E-state index contributed by atoms with van der Waals surface area (Å²) in [6.45, 7) is 6.23. The first-order valence-electron chi connectivity index (χ1n) is 9.39. The van der Waals surface area contributed by atoms with Crippen LogP contribution in [0.1, 0.15) is 12.6 Å². The summed E-state index contributed by atoms with van der Waals surface area (Å²) in [5.41, 5.74) is 1.85. The van der Waals surface area contributed by atoms with Gasteiger partial charge >= 0.3 is 0 Å². The number of hydrogen-bond donors (Lipinski definition) is 0. The molecule has 3 heterocycles. The van der Waals surface area contributed by atoms with E-state index in [1.807, 2.05) is 48.7 Å². The van der Waals surface area contributed by atoms with E-state index in [9.17, 15) is 4.79 Å². The maximum atomic E-state index is 12.2. The highest BCUT2D eigenvalue weighted by molar-refractivity contribution is 7.14. The Kier molecular flexibility index (Phi) is 5.64. The molecule has 1 aliphatic rings. The Labute approximate surface area is 169 Å². The Morgan fingerprint density at radius 1 is 1.07 bits per heavy atom. The smallest absolute Gasteiger partial charge is 0.230 e. The van der Waals surface area contributed by atoms with Gasteiger partial charge in [0, 0.05) is 51.2 Å². The molecule has 2 aromatic heterocycles. The van der Waals surface area contributed by atoms with Crippen LogP contribution in [-0.4, -0.2) is 47.0 Å². The highest BCUT2D eigenvalue weighted by Crippen LogP contribution is 2.29. The molecular formula is C21H23N5OS. The number of carbonyl (C=O) groups excluding carboxylic acids is 1. The monoisotopic (exact) mass is 393 g/mol. The normalized spacial score (nSPS) is 14.8. The van der Waals surface area contributed by atoms with Crippen LogP contribution in [0.4, 0.5) is 16.6 Å². The number of hydrogen-bond acceptors (Lipinski definition) is 6. The lowest BCUT2D eigenvalue weighted by molar-refractivity contribution is -0.115. The standard InChI is InChI=1S/C21H23N5OS/c1-17(27)26(19-7-3-2-4-8-19)21-23-18(16-28-21)15-24-11-13-25(14-12-24)20-9-5-6-10-22-20/h2-10,16H,11-15H2,1H3. The average Bonchev–Trinajstić information content (AvgIpc) is 3.17. The van der Waals surface area contributed by atoms with Gasteiger partial charge in [0.25, 0.3) is 0 Å². The summed E-state index contributed by atoms with van der Waals surface area (Å²) >= 11 is 1.51. The van der Waals surface area contributed by atoms with Crippen molar-refractivity contribution in [3.05, 3.63) is 65.8 Å². The van der Waals surface area contributed by atoms with E-state index < -0.39 is 0 Å². The van der Waals surface area contributed by atoms with Gasteiger partial charge in [-0.2, -0.15) is 0 Å². The average molecular weight is 394 g/mol. The molecule has 28 heavy (non-hydrogen) atoms. The largest absolute Gasteiger partial charge is 0.354 e. The fourth-order valence-corrected chi connectivity index (χ4v) is 4.26. The van der Waals surface area contributed by atoms with Gasteiger partial charge in [-0.25, -0.2) is 9.97 Å². The maximum absolute atomic E-state index is 12.2. The van der Waals surface area contributed by atoms with Crippen LogP contribution in [0, 0.1) is 0 Å². The van der Waals surface area contributed by atoms with Crippen molar-refractivity contribution in [2.75, 3.05) is 36.0 Å². The fourth-order valence-electron chi connectivity index (χ4n) is 3.38. The van der Waals surface area contributed by atoms with Crippen LogP contribution in [0.5, 0.6) is 0 Å². The SMILES string of the molecule is CC(=O)N(c1ccccc1)c1nc(CN2CCN(c3ccccn3)CC2)cs1. The molecule has 0 spiro atoms. The molecule has 144 valence electrons. The number of thiazole rings is 1. The van der Waals surface area contributed by atoms with Crippen LogP contribution in [-0.2, 0) is 11.3 Å². The Balaban J connectivity index is 1.39. The number of amides is 1. The van der Waals surface area contributed by atoms with Crippen LogP contribution < -0.4 is 9.80 Å². The van der Waals surface area contributed by atoms with Crippen molar-refractivity contribution < 1.29 is 4.79 Å². The molecule has 1 amide bonds. The summed E-state index contributed by atoms with van der Waals surface area (Å²) in [6, 6.07) is 15.7. The van der Waals surface area contributed by atoms with Gasteiger partial charge < -0.3 is 4.90 Å². The molecule has 0 bridgehead atoms. The lowest BCUT2D eigenvalue weighted by atomic mass is 10.3. The third-order valence-corrected chi connectivity index (χ3v) is 5.67. The summed E-state index contributed by atoms with van der Waals surface area (Å²) in [6.07, 6.45) is 1.84. The van der Waals surface area contributed by atoms with Crippen molar-refractivity contribution >= 4 is 33.9 Å². The molecule has 7 heteroatoms. The minimum Gasteiger partial charge on any atom is -0.354 e. The van der Waals surface area contributed by atoms with E-state index in [1.54, 1.807) is 11.8 Å². The number of anilines is 3. The van der Waals surface area contributed by atoms with Gasteiger partial charge in [-0.3, -0.25) is 14.6 Å². The van der Waals surface area contributed by atoms with Crippen molar-refractivity contribution in [2.24, 2.45) is 0 Å². The summed E-state index contributed by atoms with van der Waals surface area (Å²) in [4.78, 5) is 27.8.